The smallest absolute Gasteiger partial charge is 0.254 e. The molecule has 1 aromatic rings. The van der Waals surface area contributed by atoms with E-state index >= 15 is 0 Å². The number of nitrogens with zero attached hydrogens (tertiary/aromatic N) is 1. The van der Waals surface area contributed by atoms with E-state index in [9.17, 15) is 18.8 Å². The summed E-state index contributed by atoms with van der Waals surface area (Å²) in [5.74, 6) is -1.33. The summed E-state index contributed by atoms with van der Waals surface area (Å²) in [5, 5.41) is 10.6. The van der Waals surface area contributed by atoms with E-state index < -0.39 is 39.9 Å². The Morgan fingerprint density at radius 2 is 1.97 bits per heavy atom. The van der Waals surface area contributed by atoms with Crippen molar-refractivity contribution in [1.29, 1.82) is 0 Å². The zero-order valence-corrected chi connectivity index (χ0v) is 20.6. The molecule has 2 N–H and O–H groups in total. The highest BCUT2D eigenvalue weighted by atomic mass is 32.2. The number of amides is 1. The molecule has 32 heavy (non-hydrogen) atoms. The van der Waals surface area contributed by atoms with E-state index in [1.165, 1.54) is 12.1 Å². The van der Waals surface area contributed by atoms with Crippen LogP contribution in [0.4, 0.5) is 4.39 Å². The second-order valence-electron chi connectivity index (χ2n) is 10.1. The van der Waals surface area contributed by atoms with Crippen LogP contribution in [0.1, 0.15) is 64.6 Å². The Labute approximate surface area is 193 Å². The Balaban J connectivity index is 1.75. The molecule has 0 aliphatic carbocycles. The summed E-state index contributed by atoms with van der Waals surface area (Å²) < 4.78 is 41.1. The number of ether oxygens (including phenoxy) is 2. The lowest BCUT2D eigenvalue weighted by Crippen LogP contribution is -2.48. The van der Waals surface area contributed by atoms with Crippen LogP contribution in [0, 0.1) is 18.7 Å². The number of piperidine rings is 1. The van der Waals surface area contributed by atoms with E-state index in [1.54, 1.807) is 25.7 Å². The number of halogens is 1. The lowest BCUT2D eigenvalue weighted by atomic mass is 9.85. The first-order chi connectivity index (χ1) is 14.8. The van der Waals surface area contributed by atoms with Gasteiger partial charge in [-0.05, 0) is 78.0 Å². The number of carbonyl (C=O) groups is 1. The predicted molar refractivity (Wildman–Crippen MR) is 121 cm³/mol. The number of phenolic OH excluding ortho intramolecular Hbond substituents is 1. The molecule has 180 valence electrons. The second kappa shape index (κ2) is 9.46. The van der Waals surface area contributed by atoms with Gasteiger partial charge in [0, 0.05) is 30.0 Å². The molecular weight excluding hydrogens is 435 g/mol. The van der Waals surface area contributed by atoms with Crippen molar-refractivity contribution >= 4 is 17.3 Å². The van der Waals surface area contributed by atoms with E-state index in [0.717, 1.165) is 0 Å². The van der Waals surface area contributed by atoms with Crippen molar-refractivity contribution in [3.63, 3.8) is 0 Å². The molecule has 0 radical (unpaired) electrons. The maximum Gasteiger partial charge on any atom is 0.254 e. The van der Waals surface area contributed by atoms with E-state index in [0.29, 0.717) is 37.1 Å². The third kappa shape index (κ3) is 5.75. The van der Waals surface area contributed by atoms with Crippen LogP contribution in [0.3, 0.4) is 0 Å². The molecule has 2 saturated heterocycles. The van der Waals surface area contributed by atoms with Gasteiger partial charge in [0.25, 0.3) is 5.91 Å². The molecule has 0 aromatic heterocycles. The van der Waals surface area contributed by atoms with E-state index in [2.05, 4.69) is 4.72 Å². The first kappa shape index (κ1) is 25.2. The monoisotopic (exact) mass is 470 g/mol. The van der Waals surface area contributed by atoms with Gasteiger partial charge in [-0.1, -0.05) is 0 Å². The fourth-order valence-corrected chi connectivity index (χ4v) is 5.01. The quantitative estimate of drug-likeness (QED) is 0.641. The third-order valence-corrected chi connectivity index (χ3v) is 7.62. The van der Waals surface area contributed by atoms with Crippen LogP contribution >= 0.6 is 0 Å². The van der Waals surface area contributed by atoms with Gasteiger partial charge < -0.3 is 24.0 Å². The lowest BCUT2D eigenvalue weighted by Gasteiger charge is -2.38. The van der Waals surface area contributed by atoms with Gasteiger partial charge in [0.1, 0.15) is 16.3 Å². The van der Waals surface area contributed by atoms with Crippen molar-refractivity contribution in [2.75, 3.05) is 19.7 Å². The molecule has 2 aliphatic rings. The van der Waals surface area contributed by atoms with Crippen LogP contribution < -0.4 is 4.72 Å². The topological polar surface area (TPSA) is 94.1 Å². The normalized spacial score (nSPS) is 23.9. The minimum absolute atomic E-state index is 0.0236. The summed E-state index contributed by atoms with van der Waals surface area (Å²) in [6.45, 7) is 12.0. The number of hydrogen-bond donors (Lipinski definition) is 2. The molecule has 3 atom stereocenters. The number of likely N-dealkylation sites (tertiary alicyclic amines) is 1. The second-order valence-corrected chi connectivity index (χ2v) is 12.1. The fourth-order valence-electron chi connectivity index (χ4n) is 4.10. The van der Waals surface area contributed by atoms with Gasteiger partial charge >= 0.3 is 0 Å². The van der Waals surface area contributed by atoms with Crippen molar-refractivity contribution < 1.29 is 28.3 Å². The summed E-state index contributed by atoms with van der Waals surface area (Å²) in [4.78, 5) is 14.6. The Bertz CT molecular complexity index is 836. The van der Waals surface area contributed by atoms with E-state index in [1.807, 2.05) is 20.8 Å². The molecule has 0 bridgehead atoms. The van der Waals surface area contributed by atoms with Gasteiger partial charge in [0.05, 0.1) is 12.6 Å². The van der Waals surface area contributed by atoms with Crippen LogP contribution in [0.15, 0.2) is 12.1 Å². The number of nitrogens with one attached hydrogen (secondary N) is 1. The minimum Gasteiger partial charge on any atom is -0.598 e. The first-order valence-electron chi connectivity index (χ1n) is 11.1. The van der Waals surface area contributed by atoms with E-state index in [-0.39, 0.29) is 24.2 Å². The Kier molecular flexibility index (Phi) is 7.46. The number of aromatic hydroxyl groups is 1. The molecule has 1 aromatic carbocycles. The summed E-state index contributed by atoms with van der Waals surface area (Å²) >= 11 is -1.42. The van der Waals surface area contributed by atoms with Gasteiger partial charge in [0.2, 0.25) is 0 Å². The van der Waals surface area contributed by atoms with Crippen molar-refractivity contribution in [3.8, 4) is 5.75 Å². The standard InChI is InChI=1S/C23H35FN2O5S/c1-14-11-18(27)16(12-17(14)24)20(25-32(29)22(2,3)4)15-7-9-26(10-8-15)21(28)19-13-30-23(5,6)31-19/h11-12,15,19-20,25,27H,7-10,13H2,1-6H3/t19-,20-,32+/m1/s1. The third-order valence-electron chi connectivity index (χ3n) is 6.04. The van der Waals surface area contributed by atoms with E-state index in [4.69, 9.17) is 9.47 Å². The molecular formula is C23H35FN2O5S. The minimum atomic E-state index is -1.42. The zero-order valence-electron chi connectivity index (χ0n) is 19.7. The highest BCUT2D eigenvalue weighted by Crippen LogP contribution is 2.38. The predicted octanol–water partition coefficient (Wildman–Crippen LogP) is 3.32. The van der Waals surface area contributed by atoms with Crippen molar-refractivity contribution in [3.05, 3.63) is 29.1 Å². The number of benzene rings is 1. The Hall–Kier alpha value is -1.39. The average Bonchev–Trinajstić information content (AvgIpc) is 3.07. The Morgan fingerprint density at radius 3 is 2.50 bits per heavy atom. The molecule has 0 unspecified atom stereocenters. The van der Waals surface area contributed by atoms with Crippen molar-refractivity contribution in [2.45, 2.75) is 77.1 Å². The van der Waals surface area contributed by atoms with Crippen LogP contribution in [-0.4, -0.2) is 56.8 Å². The van der Waals surface area contributed by atoms with Crippen LogP contribution in [-0.2, 0) is 25.6 Å². The van der Waals surface area contributed by atoms with Crippen LogP contribution in [0.5, 0.6) is 5.75 Å². The van der Waals surface area contributed by atoms with Crippen molar-refractivity contribution in [2.24, 2.45) is 5.92 Å². The highest BCUT2D eigenvalue weighted by molar-refractivity contribution is 7.90. The summed E-state index contributed by atoms with van der Waals surface area (Å²) in [6, 6.07) is 2.22. The average molecular weight is 471 g/mol. The van der Waals surface area contributed by atoms with Crippen LogP contribution in [0.2, 0.25) is 0 Å². The molecule has 1 amide bonds. The van der Waals surface area contributed by atoms with Gasteiger partial charge in [-0.15, -0.1) is 4.72 Å². The largest absolute Gasteiger partial charge is 0.598 e. The lowest BCUT2D eigenvalue weighted by molar-refractivity contribution is -0.161. The maximum absolute atomic E-state index is 14.4. The number of phenols is 1. The summed E-state index contributed by atoms with van der Waals surface area (Å²) in [5.41, 5.74) is 0.744. The highest BCUT2D eigenvalue weighted by Gasteiger charge is 2.41. The van der Waals surface area contributed by atoms with Gasteiger partial charge in [-0.2, -0.15) is 0 Å². The molecule has 9 heteroatoms. The fraction of sp³-hybridized carbons (Fsp3) is 0.696. The maximum atomic E-state index is 14.4. The SMILES string of the molecule is Cc1cc(O)c([C@H](N[S@@+]([O-])C(C)(C)C)C2CCN(C(=O)[C@H]3COC(C)(C)O3)CC2)cc1F. The number of carbonyl (C=O) groups excluding carboxylic acids is 1. The molecule has 2 heterocycles. The summed E-state index contributed by atoms with van der Waals surface area (Å²) in [6.07, 6.45) is 0.631. The molecule has 2 aliphatic heterocycles. The van der Waals surface area contributed by atoms with Crippen LogP contribution in [0.25, 0.3) is 0 Å². The number of aryl methyl sites for hydroxylation is 1. The molecule has 7 nitrogen and oxygen atoms in total. The van der Waals surface area contributed by atoms with Gasteiger partial charge in [-0.25, -0.2) is 4.39 Å². The van der Waals surface area contributed by atoms with Gasteiger partial charge in [0.15, 0.2) is 11.9 Å². The number of rotatable bonds is 5. The molecule has 3 rings (SSSR count). The van der Waals surface area contributed by atoms with Crippen molar-refractivity contribution in [1.82, 2.24) is 9.62 Å². The van der Waals surface area contributed by atoms with Gasteiger partial charge in [-0.3, -0.25) is 4.79 Å². The number of hydrogen-bond acceptors (Lipinski definition) is 6. The first-order valence-corrected chi connectivity index (χ1v) is 12.2. The Morgan fingerprint density at radius 1 is 1.34 bits per heavy atom. The summed E-state index contributed by atoms with van der Waals surface area (Å²) in [7, 11) is 0. The molecule has 0 spiro atoms. The molecule has 2 fully saturated rings. The molecule has 0 saturated carbocycles. The zero-order chi connectivity index (χ0) is 23.8.